The summed E-state index contributed by atoms with van der Waals surface area (Å²) in [7, 11) is 0. The van der Waals surface area contributed by atoms with Gasteiger partial charge in [-0.05, 0) is 26.3 Å². The van der Waals surface area contributed by atoms with Crippen LogP contribution < -0.4 is 5.32 Å². The van der Waals surface area contributed by atoms with Gasteiger partial charge in [0.1, 0.15) is 0 Å². The van der Waals surface area contributed by atoms with Crippen LogP contribution in [0.1, 0.15) is 39.5 Å². The average Bonchev–Trinajstić information content (AvgIpc) is 2.18. The van der Waals surface area contributed by atoms with E-state index in [-0.39, 0.29) is 0 Å². The first-order chi connectivity index (χ1) is 6.81. The molecule has 2 nitrogen and oxygen atoms in total. The minimum absolute atomic E-state index is 0.316. The van der Waals surface area contributed by atoms with Crippen molar-refractivity contribution in [1.82, 2.24) is 5.32 Å². The topological polar surface area (TPSA) is 21.3 Å². The lowest BCUT2D eigenvalue weighted by molar-refractivity contribution is 0.0694. The molecule has 0 bridgehead atoms. The van der Waals surface area contributed by atoms with Gasteiger partial charge < -0.3 is 10.1 Å². The molecule has 0 spiro atoms. The summed E-state index contributed by atoms with van der Waals surface area (Å²) < 4.78 is 5.56. The maximum absolute atomic E-state index is 5.56. The van der Waals surface area contributed by atoms with Crippen LogP contribution in [-0.2, 0) is 4.74 Å². The zero-order valence-corrected chi connectivity index (χ0v) is 9.72. The van der Waals surface area contributed by atoms with Gasteiger partial charge in [0, 0.05) is 6.54 Å². The Morgan fingerprint density at radius 1 is 1.43 bits per heavy atom. The van der Waals surface area contributed by atoms with Crippen LogP contribution in [0.25, 0.3) is 0 Å². The SMILES string of the molecule is C=CCCOC(C)CNCCCCC. The van der Waals surface area contributed by atoms with Crippen LogP contribution in [0.15, 0.2) is 12.7 Å². The van der Waals surface area contributed by atoms with Crippen LogP contribution in [0.4, 0.5) is 0 Å². The van der Waals surface area contributed by atoms with Gasteiger partial charge in [-0.2, -0.15) is 0 Å². The van der Waals surface area contributed by atoms with Gasteiger partial charge in [-0.1, -0.05) is 25.8 Å². The monoisotopic (exact) mass is 199 g/mol. The Morgan fingerprint density at radius 2 is 2.21 bits per heavy atom. The van der Waals surface area contributed by atoms with Crippen molar-refractivity contribution in [2.75, 3.05) is 19.7 Å². The predicted octanol–water partition coefficient (Wildman–Crippen LogP) is 2.75. The van der Waals surface area contributed by atoms with Crippen LogP contribution in [0.3, 0.4) is 0 Å². The Labute approximate surface area is 88.7 Å². The Morgan fingerprint density at radius 3 is 2.86 bits per heavy atom. The fraction of sp³-hybridized carbons (Fsp3) is 0.833. The summed E-state index contributed by atoms with van der Waals surface area (Å²) in [5.74, 6) is 0. The van der Waals surface area contributed by atoms with Crippen LogP contribution in [-0.4, -0.2) is 25.8 Å². The first-order valence-electron chi connectivity index (χ1n) is 5.74. The van der Waals surface area contributed by atoms with Crippen LogP contribution >= 0.6 is 0 Å². The Balaban J connectivity index is 3.09. The molecule has 84 valence electrons. The van der Waals surface area contributed by atoms with Crippen molar-refractivity contribution in [1.29, 1.82) is 0 Å². The molecule has 14 heavy (non-hydrogen) atoms. The summed E-state index contributed by atoms with van der Waals surface area (Å²) >= 11 is 0. The summed E-state index contributed by atoms with van der Waals surface area (Å²) in [6.45, 7) is 10.9. The smallest absolute Gasteiger partial charge is 0.0671 e. The fourth-order valence-corrected chi connectivity index (χ4v) is 1.22. The lowest BCUT2D eigenvalue weighted by atomic mass is 10.2. The van der Waals surface area contributed by atoms with Gasteiger partial charge in [0.15, 0.2) is 0 Å². The average molecular weight is 199 g/mol. The molecule has 0 aliphatic rings. The molecule has 0 saturated heterocycles. The van der Waals surface area contributed by atoms with Gasteiger partial charge in [-0.15, -0.1) is 6.58 Å². The summed E-state index contributed by atoms with van der Waals surface area (Å²) in [6.07, 6.45) is 7.03. The van der Waals surface area contributed by atoms with Crippen LogP contribution in [0.2, 0.25) is 0 Å². The first-order valence-corrected chi connectivity index (χ1v) is 5.74. The Kier molecular flexibility index (Phi) is 10.5. The number of ether oxygens (including phenoxy) is 1. The van der Waals surface area contributed by atoms with E-state index in [4.69, 9.17) is 4.74 Å². The van der Waals surface area contributed by atoms with E-state index in [0.717, 1.165) is 26.1 Å². The molecule has 0 saturated carbocycles. The van der Waals surface area contributed by atoms with Crippen molar-refractivity contribution in [3.63, 3.8) is 0 Å². The van der Waals surface area contributed by atoms with Crippen LogP contribution in [0.5, 0.6) is 0 Å². The first kappa shape index (κ1) is 13.7. The normalized spacial score (nSPS) is 12.7. The van der Waals surface area contributed by atoms with Crippen molar-refractivity contribution < 1.29 is 4.74 Å². The molecule has 0 aromatic heterocycles. The minimum atomic E-state index is 0.316. The zero-order chi connectivity index (χ0) is 10.6. The van der Waals surface area contributed by atoms with E-state index >= 15 is 0 Å². The molecule has 0 aliphatic carbocycles. The molecule has 1 atom stereocenters. The van der Waals surface area contributed by atoms with Crippen LogP contribution in [0, 0.1) is 0 Å². The van der Waals surface area contributed by atoms with E-state index in [9.17, 15) is 0 Å². The summed E-state index contributed by atoms with van der Waals surface area (Å²) in [5, 5.41) is 3.40. The molecule has 0 amide bonds. The van der Waals surface area contributed by atoms with E-state index in [1.165, 1.54) is 19.3 Å². The summed E-state index contributed by atoms with van der Waals surface area (Å²) in [6, 6.07) is 0. The van der Waals surface area contributed by atoms with Crippen molar-refractivity contribution in [3.8, 4) is 0 Å². The maximum Gasteiger partial charge on any atom is 0.0671 e. The largest absolute Gasteiger partial charge is 0.377 e. The van der Waals surface area contributed by atoms with Crippen molar-refractivity contribution >= 4 is 0 Å². The second-order valence-electron chi connectivity index (χ2n) is 3.67. The number of unbranched alkanes of at least 4 members (excludes halogenated alkanes) is 2. The fourth-order valence-electron chi connectivity index (χ4n) is 1.22. The molecule has 0 fully saturated rings. The van der Waals surface area contributed by atoms with Gasteiger partial charge in [0.25, 0.3) is 0 Å². The van der Waals surface area contributed by atoms with Gasteiger partial charge in [-0.3, -0.25) is 0 Å². The molecular weight excluding hydrogens is 174 g/mol. The molecule has 0 heterocycles. The van der Waals surface area contributed by atoms with E-state index in [2.05, 4.69) is 25.7 Å². The minimum Gasteiger partial charge on any atom is -0.377 e. The van der Waals surface area contributed by atoms with Gasteiger partial charge in [0.2, 0.25) is 0 Å². The third-order valence-corrected chi connectivity index (χ3v) is 2.11. The van der Waals surface area contributed by atoms with E-state index in [1.54, 1.807) is 0 Å². The zero-order valence-electron chi connectivity index (χ0n) is 9.72. The molecule has 2 heteroatoms. The van der Waals surface area contributed by atoms with Crippen molar-refractivity contribution in [2.45, 2.75) is 45.6 Å². The van der Waals surface area contributed by atoms with Crippen molar-refractivity contribution in [2.24, 2.45) is 0 Å². The van der Waals surface area contributed by atoms with E-state index < -0.39 is 0 Å². The second-order valence-corrected chi connectivity index (χ2v) is 3.67. The third kappa shape index (κ3) is 9.75. The highest BCUT2D eigenvalue weighted by Crippen LogP contribution is 1.93. The number of nitrogens with one attached hydrogen (secondary N) is 1. The Bertz CT molecular complexity index is 125. The molecule has 0 rings (SSSR count). The molecular formula is C12H25NO. The van der Waals surface area contributed by atoms with Gasteiger partial charge >= 0.3 is 0 Å². The number of hydrogen-bond donors (Lipinski definition) is 1. The predicted molar refractivity (Wildman–Crippen MR) is 62.6 cm³/mol. The number of hydrogen-bond acceptors (Lipinski definition) is 2. The third-order valence-electron chi connectivity index (χ3n) is 2.11. The summed E-state index contributed by atoms with van der Waals surface area (Å²) in [4.78, 5) is 0. The maximum atomic E-state index is 5.56. The number of rotatable bonds is 10. The lowest BCUT2D eigenvalue weighted by Crippen LogP contribution is -2.27. The molecule has 0 radical (unpaired) electrons. The molecule has 0 aromatic carbocycles. The van der Waals surface area contributed by atoms with Gasteiger partial charge in [-0.25, -0.2) is 0 Å². The standard InChI is InChI=1S/C12H25NO/c1-4-6-8-9-13-11-12(3)14-10-7-5-2/h5,12-13H,2,4,6-11H2,1,3H3. The highest BCUT2D eigenvalue weighted by Gasteiger charge is 1.99. The Hall–Kier alpha value is -0.340. The van der Waals surface area contributed by atoms with E-state index in [1.807, 2.05) is 6.08 Å². The second kappa shape index (κ2) is 10.7. The lowest BCUT2D eigenvalue weighted by Gasteiger charge is -2.13. The molecule has 1 unspecified atom stereocenters. The van der Waals surface area contributed by atoms with E-state index in [0.29, 0.717) is 6.10 Å². The highest BCUT2D eigenvalue weighted by molar-refractivity contribution is 4.65. The molecule has 0 aromatic rings. The highest BCUT2D eigenvalue weighted by atomic mass is 16.5. The molecule has 0 aliphatic heterocycles. The quantitative estimate of drug-likeness (QED) is 0.431. The van der Waals surface area contributed by atoms with Crippen molar-refractivity contribution in [3.05, 3.63) is 12.7 Å². The van der Waals surface area contributed by atoms with Gasteiger partial charge in [0.05, 0.1) is 12.7 Å². The molecule has 1 N–H and O–H groups in total. The summed E-state index contributed by atoms with van der Waals surface area (Å²) in [5.41, 5.74) is 0.